The van der Waals surface area contributed by atoms with Crippen LogP contribution in [0.15, 0.2) is 58.9 Å². The van der Waals surface area contributed by atoms with Gasteiger partial charge in [-0.05, 0) is 87.7 Å². The van der Waals surface area contributed by atoms with Crippen LogP contribution in [0.4, 0.5) is 11.4 Å². The summed E-state index contributed by atoms with van der Waals surface area (Å²) in [5.74, 6) is 0.521. The van der Waals surface area contributed by atoms with Gasteiger partial charge in [0.2, 0.25) is 5.91 Å². The Bertz CT molecular complexity index is 1420. The normalized spacial score (nSPS) is 11.8. The van der Waals surface area contributed by atoms with Gasteiger partial charge in [0.25, 0.3) is 5.91 Å². The predicted molar refractivity (Wildman–Crippen MR) is 159 cm³/mol. The number of aromatic nitrogens is 1. The molecular weight excluding hydrogens is 514 g/mol. The molecule has 0 spiro atoms. The van der Waals surface area contributed by atoms with E-state index in [2.05, 4.69) is 41.6 Å². The van der Waals surface area contributed by atoms with Gasteiger partial charge in [-0.3, -0.25) is 9.59 Å². The van der Waals surface area contributed by atoms with Crippen molar-refractivity contribution in [3.63, 3.8) is 0 Å². The van der Waals surface area contributed by atoms with Gasteiger partial charge in [0.05, 0.1) is 22.1 Å². The maximum absolute atomic E-state index is 12.9. The van der Waals surface area contributed by atoms with Crippen molar-refractivity contribution in [1.29, 1.82) is 0 Å². The number of fused-ring (bicyclic) bond motifs is 1. The first-order valence-electron chi connectivity index (χ1n) is 12.7. The van der Waals surface area contributed by atoms with Crippen molar-refractivity contribution in [3.8, 4) is 5.75 Å². The first-order chi connectivity index (χ1) is 18.2. The minimum absolute atomic E-state index is 0.0564. The van der Waals surface area contributed by atoms with Crippen molar-refractivity contribution in [2.75, 3.05) is 17.2 Å². The van der Waals surface area contributed by atoms with Gasteiger partial charge in [0, 0.05) is 16.9 Å². The summed E-state index contributed by atoms with van der Waals surface area (Å²) in [7, 11) is 0. The van der Waals surface area contributed by atoms with Crippen LogP contribution in [0.2, 0.25) is 0 Å². The highest BCUT2D eigenvalue weighted by atomic mass is 32.2. The highest BCUT2D eigenvalue weighted by Gasteiger charge is 2.19. The molecule has 4 aromatic rings. The van der Waals surface area contributed by atoms with Crippen LogP contribution in [-0.2, 0) is 4.79 Å². The summed E-state index contributed by atoms with van der Waals surface area (Å²) in [5.41, 5.74) is 6.25. The van der Waals surface area contributed by atoms with Crippen LogP contribution in [0.1, 0.15) is 53.7 Å². The van der Waals surface area contributed by atoms with E-state index < -0.39 is 0 Å². The van der Waals surface area contributed by atoms with Gasteiger partial charge < -0.3 is 15.4 Å². The lowest BCUT2D eigenvalue weighted by molar-refractivity contribution is -0.115. The van der Waals surface area contributed by atoms with Crippen molar-refractivity contribution >= 4 is 56.5 Å². The molecule has 3 aromatic carbocycles. The van der Waals surface area contributed by atoms with Gasteiger partial charge >= 0.3 is 0 Å². The zero-order valence-corrected chi connectivity index (χ0v) is 24.0. The first-order valence-corrected chi connectivity index (χ1v) is 14.4. The zero-order chi connectivity index (χ0) is 27.2. The van der Waals surface area contributed by atoms with Crippen molar-refractivity contribution < 1.29 is 14.3 Å². The molecule has 0 fully saturated rings. The van der Waals surface area contributed by atoms with Gasteiger partial charge in [0.15, 0.2) is 4.34 Å². The number of aryl methyl sites for hydroxylation is 3. The summed E-state index contributed by atoms with van der Waals surface area (Å²) in [5, 5.41) is 5.73. The molecule has 8 heteroatoms. The van der Waals surface area contributed by atoms with Crippen molar-refractivity contribution in [1.82, 2.24) is 4.98 Å². The smallest absolute Gasteiger partial charge is 0.255 e. The molecule has 0 saturated carbocycles. The SMILES string of the molecule is CCCCOc1ccc(C(=O)Nc2ccc3nc(S[C@@H](C)C(=O)Nc4c(C)cc(C)cc4C)sc3c2)cc1. The van der Waals surface area contributed by atoms with E-state index in [-0.39, 0.29) is 17.1 Å². The average Bonchev–Trinajstić information content (AvgIpc) is 3.28. The lowest BCUT2D eigenvalue weighted by Gasteiger charge is -2.15. The number of hydrogen-bond donors (Lipinski definition) is 2. The molecular formula is C30H33N3O3S2. The number of carbonyl (C=O) groups is 2. The molecule has 0 unspecified atom stereocenters. The summed E-state index contributed by atoms with van der Waals surface area (Å²) in [6.45, 7) is 10.7. The van der Waals surface area contributed by atoms with Crippen LogP contribution < -0.4 is 15.4 Å². The molecule has 38 heavy (non-hydrogen) atoms. The largest absolute Gasteiger partial charge is 0.494 e. The minimum Gasteiger partial charge on any atom is -0.494 e. The van der Waals surface area contributed by atoms with E-state index in [1.165, 1.54) is 28.7 Å². The summed E-state index contributed by atoms with van der Waals surface area (Å²) >= 11 is 2.94. The number of amides is 2. The maximum atomic E-state index is 12.9. The van der Waals surface area contributed by atoms with Crippen LogP contribution in [0, 0.1) is 20.8 Å². The summed E-state index contributed by atoms with van der Waals surface area (Å²) < 4.78 is 7.43. The molecule has 198 valence electrons. The third-order valence-corrected chi connectivity index (χ3v) is 8.29. The quantitative estimate of drug-likeness (QED) is 0.157. The Labute approximate surface area is 232 Å². The van der Waals surface area contributed by atoms with Gasteiger partial charge in [-0.15, -0.1) is 11.3 Å². The second kappa shape index (κ2) is 12.5. The monoisotopic (exact) mass is 547 g/mol. The summed E-state index contributed by atoms with van der Waals surface area (Å²) in [4.78, 5) is 30.3. The summed E-state index contributed by atoms with van der Waals surface area (Å²) in [6, 6.07) is 17.0. The number of rotatable bonds is 10. The Kier molecular flexibility index (Phi) is 9.07. The van der Waals surface area contributed by atoms with Crippen LogP contribution in [0.3, 0.4) is 0 Å². The number of benzene rings is 3. The molecule has 2 amide bonds. The highest BCUT2D eigenvalue weighted by Crippen LogP contribution is 2.34. The number of thioether (sulfide) groups is 1. The Morgan fingerprint density at radius 1 is 1.00 bits per heavy atom. The minimum atomic E-state index is -0.316. The lowest BCUT2D eigenvalue weighted by atomic mass is 10.1. The fourth-order valence-electron chi connectivity index (χ4n) is 4.08. The molecule has 1 heterocycles. The third kappa shape index (κ3) is 6.94. The van der Waals surface area contributed by atoms with E-state index in [1.54, 1.807) is 12.1 Å². The lowest BCUT2D eigenvalue weighted by Crippen LogP contribution is -2.23. The van der Waals surface area contributed by atoms with Crippen molar-refractivity contribution in [2.45, 2.75) is 57.0 Å². The number of carbonyl (C=O) groups excluding carboxylic acids is 2. The van der Waals surface area contributed by atoms with Crippen LogP contribution >= 0.6 is 23.1 Å². The highest BCUT2D eigenvalue weighted by molar-refractivity contribution is 8.02. The number of nitrogens with zero attached hydrogens (tertiary/aromatic N) is 1. The third-order valence-electron chi connectivity index (χ3n) is 6.08. The molecule has 1 atom stereocenters. The molecule has 0 aliphatic rings. The second-order valence-corrected chi connectivity index (χ2v) is 12.0. The van der Waals surface area contributed by atoms with Gasteiger partial charge in [-0.25, -0.2) is 4.98 Å². The van der Waals surface area contributed by atoms with E-state index >= 15 is 0 Å². The van der Waals surface area contributed by atoms with E-state index in [1.807, 2.05) is 51.1 Å². The fraction of sp³-hybridized carbons (Fsp3) is 0.300. The molecule has 0 saturated heterocycles. The molecule has 0 aliphatic carbocycles. The van der Waals surface area contributed by atoms with Crippen LogP contribution in [0.5, 0.6) is 5.75 Å². The maximum Gasteiger partial charge on any atom is 0.255 e. The number of unbranched alkanes of at least 4 members (excludes halogenated alkanes) is 1. The fourth-order valence-corrected chi connectivity index (χ4v) is 6.33. The van der Waals surface area contributed by atoms with Crippen LogP contribution in [-0.4, -0.2) is 28.7 Å². The number of thiazole rings is 1. The number of nitrogens with one attached hydrogen (secondary N) is 2. The number of anilines is 2. The molecule has 2 N–H and O–H groups in total. The van der Waals surface area contributed by atoms with Crippen LogP contribution in [0.25, 0.3) is 10.2 Å². The Balaban J connectivity index is 1.38. The molecule has 0 radical (unpaired) electrons. The van der Waals surface area contributed by atoms with E-state index in [4.69, 9.17) is 4.74 Å². The molecule has 0 bridgehead atoms. The Hall–Kier alpha value is -3.36. The summed E-state index contributed by atoms with van der Waals surface area (Å²) in [6.07, 6.45) is 2.08. The molecule has 4 rings (SSSR count). The number of hydrogen-bond acceptors (Lipinski definition) is 6. The van der Waals surface area contributed by atoms with E-state index in [0.29, 0.717) is 17.9 Å². The number of ether oxygens (including phenoxy) is 1. The Morgan fingerprint density at radius 2 is 1.71 bits per heavy atom. The topological polar surface area (TPSA) is 80.3 Å². The average molecular weight is 548 g/mol. The molecule has 1 aromatic heterocycles. The standard InChI is InChI=1S/C30H33N3O3S2/c1-6-7-14-36-24-11-8-22(9-12-24)29(35)31-23-10-13-25-26(17-23)38-30(32-25)37-21(5)28(34)33-27-19(3)15-18(2)16-20(27)4/h8-13,15-17,21H,6-7,14H2,1-5H3,(H,31,35)(H,33,34)/t21-/m0/s1. The zero-order valence-electron chi connectivity index (χ0n) is 22.4. The molecule has 0 aliphatic heterocycles. The molecule has 6 nitrogen and oxygen atoms in total. The predicted octanol–water partition coefficient (Wildman–Crippen LogP) is 7.77. The van der Waals surface area contributed by atoms with Gasteiger partial charge in [-0.1, -0.05) is 42.8 Å². The first kappa shape index (κ1) is 27.7. The van der Waals surface area contributed by atoms with Crippen molar-refractivity contribution in [2.24, 2.45) is 0 Å². The Morgan fingerprint density at radius 3 is 2.39 bits per heavy atom. The van der Waals surface area contributed by atoms with E-state index in [0.717, 1.165) is 50.0 Å². The van der Waals surface area contributed by atoms with E-state index in [9.17, 15) is 9.59 Å². The van der Waals surface area contributed by atoms with Gasteiger partial charge in [-0.2, -0.15) is 0 Å². The van der Waals surface area contributed by atoms with Gasteiger partial charge in [0.1, 0.15) is 5.75 Å². The van der Waals surface area contributed by atoms with Crippen molar-refractivity contribution in [3.05, 3.63) is 76.9 Å². The second-order valence-electron chi connectivity index (χ2n) is 9.37.